The second-order valence-electron chi connectivity index (χ2n) is 4.96. The maximum absolute atomic E-state index is 5.89. The van der Waals surface area contributed by atoms with Gasteiger partial charge in [-0.15, -0.1) is 0 Å². The van der Waals surface area contributed by atoms with Crippen LogP contribution in [0.4, 0.5) is 11.5 Å². The lowest BCUT2D eigenvalue weighted by molar-refractivity contribution is 0.307. The van der Waals surface area contributed by atoms with Crippen LogP contribution in [-0.2, 0) is 0 Å². The number of aromatic nitrogens is 1. The van der Waals surface area contributed by atoms with Crippen LogP contribution in [0.3, 0.4) is 0 Å². The molecule has 0 saturated carbocycles. The lowest BCUT2D eigenvalue weighted by Crippen LogP contribution is -2.29. The molecule has 108 valence electrons. The minimum atomic E-state index is 0.557. The zero-order valence-corrected chi connectivity index (χ0v) is 12.6. The lowest BCUT2D eigenvalue weighted by Gasteiger charge is -2.25. The molecule has 0 bridgehead atoms. The third kappa shape index (κ3) is 4.62. The van der Waals surface area contributed by atoms with E-state index in [0.29, 0.717) is 24.1 Å². The Kier molecular flexibility index (Phi) is 6.46. The quantitative estimate of drug-likeness (QED) is 0.783. The molecular formula is C15H27N3O. The Balaban J connectivity index is 2.85. The predicted molar refractivity (Wildman–Crippen MR) is 81.8 cm³/mol. The van der Waals surface area contributed by atoms with Crippen LogP contribution in [0.1, 0.15) is 40.5 Å². The van der Waals surface area contributed by atoms with Gasteiger partial charge < -0.3 is 15.4 Å². The van der Waals surface area contributed by atoms with Crippen LogP contribution < -0.4 is 15.4 Å². The van der Waals surface area contributed by atoms with Crippen LogP contribution in [0.15, 0.2) is 12.1 Å². The number of pyridine rings is 1. The van der Waals surface area contributed by atoms with Crippen molar-refractivity contribution in [2.45, 2.75) is 40.5 Å². The van der Waals surface area contributed by atoms with Gasteiger partial charge in [0.05, 0.1) is 12.3 Å². The fourth-order valence-corrected chi connectivity index (χ4v) is 1.82. The Hall–Kier alpha value is -1.45. The van der Waals surface area contributed by atoms with Crippen molar-refractivity contribution in [1.82, 2.24) is 4.98 Å². The number of ether oxygens (including phenoxy) is 1. The maximum Gasteiger partial charge on any atom is 0.239 e. The van der Waals surface area contributed by atoms with Crippen molar-refractivity contribution in [3.63, 3.8) is 0 Å². The summed E-state index contributed by atoms with van der Waals surface area (Å²) in [6, 6.07) is 3.85. The van der Waals surface area contributed by atoms with Crippen molar-refractivity contribution in [2.75, 3.05) is 30.3 Å². The molecule has 1 rings (SSSR count). The lowest BCUT2D eigenvalue weighted by atomic mass is 10.1. The van der Waals surface area contributed by atoms with E-state index in [1.165, 1.54) is 6.42 Å². The van der Waals surface area contributed by atoms with Gasteiger partial charge in [-0.3, -0.25) is 0 Å². The summed E-state index contributed by atoms with van der Waals surface area (Å²) in [7, 11) is 0. The first kappa shape index (κ1) is 15.6. The van der Waals surface area contributed by atoms with E-state index in [1.54, 1.807) is 0 Å². The fourth-order valence-electron chi connectivity index (χ4n) is 1.82. The van der Waals surface area contributed by atoms with Gasteiger partial charge in [-0.05, 0) is 31.4 Å². The molecule has 1 aromatic heterocycles. The Morgan fingerprint density at radius 1 is 1.32 bits per heavy atom. The van der Waals surface area contributed by atoms with Crippen LogP contribution >= 0.6 is 0 Å². The Morgan fingerprint density at radius 2 is 2.05 bits per heavy atom. The summed E-state index contributed by atoms with van der Waals surface area (Å²) in [4.78, 5) is 6.82. The van der Waals surface area contributed by atoms with E-state index < -0.39 is 0 Å². The maximum atomic E-state index is 5.89. The average molecular weight is 265 g/mol. The zero-order valence-electron chi connectivity index (χ0n) is 12.6. The summed E-state index contributed by atoms with van der Waals surface area (Å²) in [5, 5.41) is 0. The van der Waals surface area contributed by atoms with E-state index in [9.17, 15) is 0 Å². The standard InChI is InChI=1S/C15H27N3O/c1-5-10-19-15-13(16)8-9-14(17-15)18(7-3)11-12(4)6-2/h8-9,12H,5-7,10-11,16H2,1-4H3. The minimum Gasteiger partial charge on any atom is -0.476 e. The third-order valence-corrected chi connectivity index (χ3v) is 3.25. The summed E-state index contributed by atoms with van der Waals surface area (Å²) in [5.41, 5.74) is 6.50. The molecule has 0 aliphatic rings. The van der Waals surface area contributed by atoms with Gasteiger partial charge in [-0.25, -0.2) is 0 Å². The molecular weight excluding hydrogens is 238 g/mol. The largest absolute Gasteiger partial charge is 0.476 e. The Bertz CT molecular complexity index is 382. The first-order valence-electron chi connectivity index (χ1n) is 7.26. The van der Waals surface area contributed by atoms with Gasteiger partial charge in [0.15, 0.2) is 0 Å². The number of nitrogens with zero attached hydrogens (tertiary/aromatic N) is 2. The number of hydrogen-bond acceptors (Lipinski definition) is 4. The topological polar surface area (TPSA) is 51.4 Å². The van der Waals surface area contributed by atoms with E-state index in [1.807, 2.05) is 12.1 Å². The number of anilines is 2. The minimum absolute atomic E-state index is 0.557. The highest BCUT2D eigenvalue weighted by Crippen LogP contribution is 2.24. The molecule has 0 amide bonds. The number of nitrogens with two attached hydrogens (primary N) is 1. The summed E-state index contributed by atoms with van der Waals surface area (Å²) < 4.78 is 5.59. The van der Waals surface area contributed by atoms with E-state index in [2.05, 4.69) is 37.6 Å². The van der Waals surface area contributed by atoms with Gasteiger partial charge in [0.2, 0.25) is 5.88 Å². The van der Waals surface area contributed by atoms with Gasteiger partial charge in [-0.2, -0.15) is 4.98 Å². The normalized spacial score (nSPS) is 12.2. The highest BCUT2D eigenvalue weighted by Gasteiger charge is 2.12. The average Bonchev–Trinajstić information content (AvgIpc) is 2.43. The number of hydrogen-bond donors (Lipinski definition) is 1. The summed E-state index contributed by atoms with van der Waals surface area (Å²) in [5.74, 6) is 2.16. The van der Waals surface area contributed by atoms with Crippen molar-refractivity contribution in [2.24, 2.45) is 5.92 Å². The molecule has 1 aromatic rings. The molecule has 0 radical (unpaired) electrons. The highest BCUT2D eigenvalue weighted by molar-refractivity contribution is 5.54. The van der Waals surface area contributed by atoms with Gasteiger partial charge in [-0.1, -0.05) is 27.2 Å². The second-order valence-corrected chi connectivity index (χ2v) is 4.96. The number of rotatable bonds is 8. The highest BCUT2D eigenvalue weighted by atomic mass is 16.5. The molecule has 0 spiro atoms. The van der Waals surface area contributed by atoms with Gasteiger partial charge >= 0.3 is 0 Å². The van der Waals surface area contributed by atoms with E-state index in [4.69, 9.17) is 10.5 Å². The van der Waals surface area contributed by atoms with Gasteiger partial charge in [0, 0.05) is 13.1 Å². The monoisotopic (exact) mass is 265 g/mol. The van der Waals surface area contributed by atoms with E-state index in [-0.39, 0.29) is 0 Å². The summed E-state index contributed by atoms with van der Waals surface area (Å²) >= 11 is 0. The molecule has 1 atom stereocenters. The molecule has 4 heteroatoms. The molecule has 0 aromatic carbocycles. The van der Waals surface area contributed by atoms with E-state index in [0.717, 1.165) is 25.3 Å². The van der Waals surface area contributed by atoms with Crippen LogP contribution in [-0.4, -0.2) is 24.7 Å². The molecule has 0 aliphatic carbocycles. The Morgan fingerprint density at radius 3 is 2.63 bits per heavy atom. The van der Waals surface area contributed by atoms with Crippen molar-refractivity contribution < 1.29 is 4.74 Å². The van der Waals surface area contributed by atoms with Crippen LogP contribution in [0, 0.1) is 5.92 Å². The second kappa shape index (κ2) is 7.87. The van der Waals surface area contributed by atoms with Crippen LogP contribution in [0.2, 0.25) is 0 Å². The molecule has 0 fully saturated rings. The first-order valence-corrected chi connectivity index (χ1v) is 7.26. The summed E-state index contributed by atoms with van der Waals surface area (Å²) in [6.45, 7) is 11.3. The third-order valence-electron chi connectivity index (χ3n) is 3.25. The molecule has 2 N–H and O–H groups in total. The predicted octanol–water partition coefficient (Wildman–Crippen LogP) is 3.33. The number of nitrogen functional groups attached to an aromatic ring is 1. The van der Waals surface area contributed by atoms with Crippen molar-refractivity contribution in [1.29, 1.82) is 0 Å². The van der Waals surface area contributed by atoms with Crippen LogP contribution in [0.5, 0.6) is 5.88 Å². The van der Waals surface area contributed by atoms with Crippen molar-refractivity contribution in [3.05, 3.63) is 12.1 Å². The molecule has 19 heavy (non-hydrogen) atoms. The smallest absolute Gasteiger partial charge is 0.239 e. The van der Waals surface area contributed by atoms with Crippen molar-refractivity contribution >= 4 is 11.5 Å². The molecule has 4 nitrogen and oxygen atoms in total. The summed E-state index contributed by atoms with van der Waals surface area (Å²) in [6.07, 6.45) is 2.13. The molecule has 0 saturated heterocycles. The fraction of sp³-hybridized carbons (Fsp3) is 0.667. The molecule has 0 aliphatic heterocycles. The van der Waals surface area contributed by atoms with Gasteiger partial charge in [0.25, 0.3) is 0 Å². The van der Waals surface area contributed by atoms with E-state index >= 15 is 0 Å². The zero-order chi connectivity index (χ0) is 14.3. The first-order chi connectivity index (χ1) is 9.12. The Labute approximate surface area is 117 Å². The van der Waals surface area contributed by atoms with Gasteiger partial charge in [0.1, 0.15) is 5.82 Å². The molecule has 1 heterocycles. The SMILES string of the molecule is CCCOc1nc(N(CC)CC(C)CC)ccc1N. The van der Waals surface area contributed by atoms with Crippen LogP contribution in [0.25, 0.3) is 0 Å². The van der Waals surface area contributed by atoms with Crippen molar-refractivity contribution in [3.8, 4) is 5.88 Å². The molecule has 1 unspecified atom stereocenters.